The van der Waals surface area contributed by atoms with Gasteiger partial charge in [-0.2, -0.15) is 0 Å². The van der Waals surface area contributed by atoms with E-state index in [9.17, 15) is 9.90 Å². The molecule has 0 heterocycles. The summed E-state index contributed by atoms with van der Waals surface area (Å²) in [5, 5.41) is 9.24. The molecule has 0 saturated heterocycles. The van der Waals surface area contributed by atoms with Gasteiger partial charge >= 0.3 is 0 Å². The molecule has 0 spiro atoms. The molecule has 1 aliphatic rings. The van der Waals surface area contributed by atoms with Crippen LogP contribution in [0.5, 0.6) is 0 Å². The van der Waals surface area contributed by atoms with Gasteiger partial charge in [0.15, 0.2) is 0 Å². The Hall–Kier alpha value is -1.55. The van der Waals surface area contributed by atoms with Crippen LogP contribution in [-0.4, -0.2) is 35.6 Å². The smallest absolute Gasteiger partial charge is 0.255 e. The number of para-hydroxylation sites is 1. The van der Waals surface area contributed by atoms with Crippen molar-refractivity contribution in [3.8, 4) is 0 Å². The number of carbonyl (C=O) groups excluding carboxylic acids is 1. The van der Waals surface area contributed by atoms with Crippen molar-refractivity contribution in [3.05, 3.63) is 29.3 Å². The Kier molecular flexibility index (Phi) is 3.57. The van der Waals surface area contributed by atoms with E-state index in [0.717, 1.165) is 18.4 Å². The van der Waals surface area contributed by atoms with Crippen molar-refractivity contribution in [1.29, 1.82) is 0 Å². The number of anilines is 1. The molecule has 98 valence electrons. The van der Waals surface area contributed by atoms with Crippen LogP contribution in [0.25, 0.3) is 0 Å². The molecule has 4 heteroatoms. The van der Waals surface area contributed by atoms with Crippen LogP contribution in [0.2, 0.25) is 0 Å². The van der Waals surface area contributed by atoms with Crippen molar-refractivity contribution in [2.45, 2.75) is 25.9 Å². The molecule has 4 nitrogen and oxygen atoms in total. The summed E-state index contributed by atoms with van der Waals surface area (Å²) >= 11 is 0. The van der Waals surface area contributed by atoms with Gasteiger partial charge in [0.25, 0.3) is 5.91 Å². The van der Waals surface area contributed by atoms with E-state index >= 15 is 0 Å². The topological polar surface area (TPSA) is 66.6 Å². The number of aliphatic hydroxyl groups is 1. The van der Waals surface area contributed by atoms with Crippen molar-refractivity contribution in [2.24, 2.45) is 5.92 Å². The van der Waals surface area contributed by atoms with Gasteiger partial charge in [0, 0.05) is 19.3 Å². The Bertz CT molecular complexity index is 453. The molecule has 0 aromatic heterocycles. The predicted octanol–water partition coefficient (Wildman–Crippen LogP) is 1.42. The van der Waals surface area contributed by atoms with Crippen LogP contribution in [0.15, 0.2) is 18.2 Å². The quantitative estimate of drug-likeness (QED) is 0.795. The summed E-state index contributed by atoms with van der Waals surface area (Å²) in [6.45, 7) is 2.58. The minimum atomic E-state index is -0.178. The number of rotatable bonds is 3. The molecule has 1 aromatic carbocycles. The number of nitrogen functional groups attached to an aromatic ring is 1. The third-order valence-electron chi connectivity index (χ3n) is 3.64. The summed E-state index contributed by atoms with van der Waals surface area (Å²) in [5.41, 5.74) is 7.98. The summed E-state index contributed by atoms with van der Waals surface area (Å²) in [6.07, 6.45) is 1.41. The molecule has 0 aliphatic heterocycles. The van der Waals surface area contributed by atoms with Crippen LogP contribution in [-0.2, 0) is 0 Å². The maximum Gasteiger partial charge on any atom is 0.255 e. The molecular weight excluding hydrogens is 228 g/mol. The lowest BCUT2D eigenvalue weighted by Gasteiger charge is -2.34. The molecule has 0 atom stereocenters. The lowest BCUT2D eigenvalue weighted by atomic mass is 9.82. The molecule has 0 bridgehead atoms. The number of aliphatic hydroxyl groups excluding tert-OH is 1. The second kappa shape index (κ2) is 4.98. The lowest BCUT2D eigenvalue weighted by molar-refractivity contribution is 0.0265. The van der Waals surface area contributed by atoms with Crippen molar-refractivity contribution < 1.29 is 9.90 Å². The maximum atomic E-state index is 12.3. The number of carbonyl (C=O) groups is 1. The SMILES string of the molecule is Cc1cccc(C(=O)N(C)CC2CC(O)C2)c1N. The fraction of sp³-hybridized carbons (Fsp3) is 0.500. The summed E-state index contributed by atoms with van der Waals surface area (Å²) in [6, 6.07) is 5.51. The molecule has 1 aromatic rings. The van der Waals surface area contributed by atoms with E-state index in [1.807, 2.05) is 19.1 Å². The molecule has 1 amide bonds. The van der Waals surface area contributed by atoms with Crippen molar-refractivity contribution in [3.63, 3.8) is 0 Å². The zero-order valence-electron chi connectivity index (χ0n) is 10.9. The highest BCUT2D eigenvalue weighted by Crippen LogP contribution is 2.28. The highest BCUT2D eigenvalue weighted by atomic mass is 16.3. The minimum absolute atomic E-state index is 0.0439. The van der Waals surface area contributed by atoms with Crippen LogP contribution < -0.4 is 5.73 Å². The van der Waals surface area contributed by atoms with Gasteiger partial charge in [0.05, 0.1) is 11.7 Å². The Morgan fingerprint density at radius 2 is 2.17 bits per heavy atom. The van der Waals surface area contributed by atoms with Crippen LogP contribution in [0.1, 0.15) is 28.8 Å². The number of benzene rings is 1. The summed E-state index contributed by atoms with van der Waals surface area (Å²) < 4.78 is 0. The Morgan fingerprint density at radius 3 is 2.78 bits per heavy atom. The Balaban J connectivity index is 2.04. The average Bonchev–Trinajstić information content (AvgIpc) is 2.30. The summed E-state index contributed by atoms with van der Waals surface area (Å²) in [4.78, 5) is 14.0. The summed E-state index contributed by atoms with van der Waals surface area (Å²) in [7, 11) is 1.79. The molecule has 0 radical (unpaired) electrons. The first-order valence-electron chi connectivity index (χ1n) is 6.27. The van der Waals surface area contributed by atoms with E-state index in [2.05, 4.69) is 0 Å². The van der Waals surface area contributed by atoms with Crippen molar-refractivity contribution in [2.75, 3.05) is 19.3 Å². The Labute approximate surface area is 107 Å². The standard InChI is InChI=1S/C14H20N2O2/c1-9-4-3-5-12(13(9)15)14(18)16(2)8-10-6-11(17)7-10/h3-5,10-11,17H,6-8,15H2,1-2H3. The third-order valence-corrected chi connectivity index (χ3v) is 3.64. The molecular formula is C14H20N2O2. The van der Waals surface area contributed by atoms with E-state index in [0.29, 0.717) is 23.7 Å². The number of nitrogens with two attached hydrogens (primary N) is 1. The summed E-state index contributed by atoms with van der Waals surface area (Å²) in [5.74, 6) is 0.373. The second-order valence-electron chi connectivity index (χ2n) is 5.21. The monoisotopic (exact) mass is 248 g/mol. The normalized spacial score (nSPS) is 22.4. The van der Waals surface area contributed by atoms with Gasteiger partial charge < -0.3 is 15.7 Å². The van der Waals surface area contributed by atoms with E-state index in [1.165, 1.54) is 0 Å². The van der Waals surface area contributed by atoms with Gasteiger partial charge in [-0.3, -0.25) is 4.79 Å². The van der Waals surface area contributed by atoms with Crippen LogP contribution in [0, 0.1) is 12.8 Å². The highest BCUT2D eigenvalue weighted by molar-refractivity contribution is 5.99. The first-order chi connectivity index (χ1) is 8.49. The van der Waals surface area contributed by atoms with Crippen molar-refractivity contribution >= 4 is 11.6 Å². The molecule has 18 heavy (non-hydrogen) atoms. The molecule has 0 unspecified atom stereocenters. The number of amides is 1. The van der Waals surface area contributed by atoms with E-state index < -0.39 is 0 Å². The predicted molar refractivity (Wildman–Crippen MR) is 71.3 cm³/mol. The van der Waals surface area contributed by atoms with Gasteiger partial charge in [-0.05, 0) is 37.3 Å². The number of aryl methyl sites for hydroxylation is 1. The third kappa shape index (κ3) is 2.48. The van der Waals surface area contributed by atoms with Gasteiger partial charge in [-0.1, -0.05) is 12.1 Å². The van der Waals surface area contributed by atoms with Gasteiger partial charge in [-0.25, -0.2) is 0 Å². The van der Waals surface area contributed by atoms with E-state index in [-0.39, 0.29) is 12.0 Å². The fourth-order valence-corrected chi connectivity index (χ4v) is 2.39. The Morgan fingerprint density at radius 1 is 1.50 bits per heavy atom. The van der Waals surface area contributed by atoms with Crippen LogP contribution in [0.4, 0.5) is 5.69 Å². The van der Waals surface area contributed by atoms with E-state index in [4.69, 9.17) is 5.73 Å². The average molecular weight is 248 g/mol. The van der Waals surface area contributed by atoms with E-state index in [1.54, 1.807) is 18.0 Å². The number of hydrogen-bond acceptors (Lipinski definition) is 3. The van der Waals surface area contributed by atoms with Crippen LogP contribution >= 0.6 is 0 Å². The maximum absolute atomic E-state index is 12.3. The molecule has 1 saturated carbocycles. The lowest BCUT2D eigenvalue weighted by Crippen LogP contribution is -2.39. The fourth-order valence-electron chi connectivity index (χ4n) is 2.39. The first kappa shape index (κ1) is 12.9. The first-order valence-corrected chi connectivity index (χ1v) is 6.27. The van der Waals surface area contributed by atoms with Gasteiger partial charge in [0.2, 0.25) is 0 Å². The van der Waals surface area contributed by atoms with Gasteiger partial charge in [-0.15, -0.1) is 0 Å². The molecule has 3 N–H and O–H groups in total. The minimum Gasteiger partial charge on any atom is -0.398 e. The molecule has 1 aliphatic carbocycles. The molecule has 1 fully saturated rings. The zero-order chi connectivity index (χ0) is 13.3. The van der Waals surface area contributed by atoms with Crippen molar-refractivity contribution in [1.82, 2.24) is 4.90 Å². The largest absolute Gasteiger partial charge is 0.398 e. The number of hydrogen-bond donors (Lipinski definition) is 2. The van der Waals surface area contributed by atoms with Gasteiger partial charge in [0.1, 0.15) is 0 Å². The second-order valence-corrected chi connectivity index (χ2v) is 5.21. The van der Waals surface area contributed by atoms with Crippen LogP contribution in [0.3, 0.4) is 0 Å². The number of nitrogens with zero attached hydrogens (tertiary/aromatic N) is 1. The molecule has 2 rings (SSSR count). The highest BCUT2D eigenvalue weighted by Gasteiger charge is 2.29. The zero-order valence-corrected chi connectivity index (χ0v) is 10.9.